The van der Waals surface area contributed by atoms with Gasteiger partial charge in [-0.05, 0) is 32.1 Å². The molecule has 0 spiro atoms. The Morgan fingerprint density at radius 3 is 1.72 bits per heavy atom. The van der Waals surface area contributed by atoms with E-state index in [-0.39, 0.29) is 13.0 Å². The second kappa shape index (κ2) is 24.1. The topological polar surface area (TPSA) is 63.6 Å². The Balaban J connectivity index is 3.44. The van der Waals surface area contributed by atoms with Crippen molar-refractivity contribution in [1.82, 2.24) is 0 Å². The number of carbonyl (C=O) groups is 2. The molecule has 0 aliphatic carbocycles. The van der Waals surface area contributed by atoms with E-state index in [0.29, 0.717) is 6.42 Å². The van der Waals surface area contributed by atoms with Crippen LogP contribution in [0.3, 0.4) is 0 Å². The first-order valence-electron chi connectivity index (χ1n) is 13.3. The number of hydrogen-bond donors (Lipinski definition) is 1. The number of aliphatic carboxylic acids is 1. The molecule has 4 nitrogen and oxygen atoms in total. The van der Waals surface area contributed by atoms with Gasteiger partial charge in [0.05, 0.1) is 12.3 Å². The van der Waals surface area contributed by atoms with Gasteiger partial charge in [-0.15, -0.1) is 0 Å². The molecule has 0 aromatic heterocycles. The monoisotopic (exact) mass is 450 g/mol. The van der Waals surface area contributed by atoms with Crippen LogP contribution >= 0.6 is 0 Å². The predicted molar refractivity (Wildman–Crippen MR) is 135 cm³/mol. The summed E-state index contributed by atoms with van der Waals surface area (Å²) in [6.45, 7) is 5.89. The van der Waals surface area contributed by atoms with Crippen molar-refractivity contribution in [3.63, 3.8) is 0 Å². The summed E-state index contributed by atoms with van der Waals surface area (Å²) in [5, 5.41) is 9.27. The fourth-order valence-electron chi connectivity index (χ4n) is 3.89. The van der Waals surface area contributed by atoms with E-state index in [2.05, 4.69) is 25.7 Å². The molecule has 0 rings (SSSR count). The van der Waals surface area contributed by atoms with Crippen LogP contribution in [0.1, 0.15) is 129 Å². The second-order valence-corrected chi connectivity index (χ2v) is 9.00. The van der Waals surface area contributed by atoms with Crippen molar-refractivity contribution in [3.05, 3.63) is 24.8 Å². The van der Waals surface area contributed by atoms with Crippen molar-refractivity contribution in [2.45, 2.75) is 129 Å². The number of rotatable bonds is 24. The third-order valence-electron chi connectivity index (χ3n) is 5.94. The summed E-state index contributed by atoms with van der Waals surface area (Å²) in [5.41, 5.74) is 0. The SMILES string of the molecule is C=CCOC(=O)CC(CCCCCCCCCCC/C=C/CCCCCCCC)C(=O)O. The third kappa shape index (κ3) is 21.6. The number of unbranched alkanes of at least 4 members (excludes halogenated alkanes) is 15. The lowest BCUT2D eigenvalue weighted by Crippen LogP contribution is -2.19. The molecule has 0 aliphatic heterocycles. The zero-order chi connectivity index (χ0) is 23.7. The number of carbonyl (C=O) groups excluding carboxylic acids is 1. The van der Waals surface area contributed by atoms with Crippen molar-refractivity contribution in [2.24, 2.45) is 5.92 Å². The molecule has 186 valence electrons. The number of carboxylic acid groups (broad SMARTS) is 1. The van der Waals surface area contributed by atoms with E-state index in [1.54, 1.807) is 0 Å². The summed E-state index contributed by atoms with van der Waals surface area (Å²) < 4.78 is 4.89. The molecule has 0 saturated carbocycles. The Morgan fingerprint density at radius 1 is 0.781 bits per heavy atom. The number of esters is 1. The lowest BCUT2D eigenvalue weighted by molar-refractivity contribution is -0.151. The van der Waals surface area contributed by atoms with Gasteiger partial charge in [-0.1, -0.05) is 115 Å². The van der Waals surface area contributed by atoms with Crippen LogP contribution in [0.25, 0.3) is 0 Å². The maximum absolute atomic E-state index is 11.6. The van der Waals surface area contributed by atoms with Crippen LogP contribution in [0.4, 0.5) is 0 Å². The van der Waals surface area contributed by atoms with Gasteiger partial charge in [-0.2, -0.15) is 0 Å². The molecule has 0 amide bonds. The van der Waals surface area contributed by atoms with Gasteiger partial charge in [-0.3, -0.25) is 9.59 Å². The molecule has 4 heteroatoms. The molecule has 1 unspecified atom stereocenters. The maximum Gasteiger partial charge on any atom is 0.307 e. The number of hydrogen-bond acceptors (Lipinski definition) is 3. The van der Waals surface area contributed by atoms with Crippen LogP contribution in [-0.4, -0.2) is 23.7 Å². The Hall–Kier alpha value is -1.58. The Labute approximate surface area is 197 Å². The first-order valence-corrected chi connectivity index (χ1v) is 13.3. The van der Waals surface area contributed by atoms with Gasteiger partial charge < -0.3 is 9.84 Å². The molecule has 32 heavy (non-hydrogen) atoms. The molecular weight excluding hydrogens is 400 g/mol. The lowest BCUT2D eigenvalue weighted by atomic mass is 9.97. The molecule has 0 bridgehead atoms. The molecule has 0 aliphatic rings. The minimum atomic E-state index is -0.905. The molecule has 1 atom stereocenters. The zero-order valence-corrected chi connectivity index (χ0v) is 20.8. The first kappa shape index (κ1) is 30.4. The lowest BCUT2D eigenvalue weighted by Gasteiger charge is -2.11. The molecule has 1 N–H and O–H groups in total. The summed E-state index contributed by atoms with van der Waals surface area (Å²) in [4.78, 5) is 22.9. The minimum Gasteiger partial charge on any atom is -0.481 e. The summed E-state index contributed by atoms with van der Waals surface area (Å²) >= 11 is 0. The molecule has 0 fully saturated rings. The fourth-order valence-corrected chi connectivity index (χ4v) is 3.89. The van der Waals surface area contributed by atoms with Crippen molar-refractivity contribution in [1.29, 1.82) is 0 Å². The standard InChI is InChI=1S/C28H50O4/c1-3-5-6-7-8-9-10-11-12-13-14-15-16-17-18-19-20-21-22-23-26(28(30)31)25-27(29)32-24-4-2/h4,11-12,26H,2-3,5-10,13-25H2,1H3,(H,30,31)/b12-11+. The van der Waals surface area contributed by atoms with E-state index in [9.17, 15) is 14.7 Å². The van der Waals surface area contributed by atoms with Gasteiger partial charge in [0.15, 0.2) is 0 Å². The second-order valence-electron chi connectivity index (χ2n) is 9.00. The molecule has 0 aromatic carbocycles. The van der Waals surface area contributed by atoms with Crippen molar-refractivity contribution in [3.8, 4) is 0 Å². The van der Waals surface area contributed by atoms with E-state index < -0.39 is 17.9 Å². The van der Waals surface area contributed by atoms with Gasteiger partial charge >= 0.3 is 11.9 Å². The molecule has 0 aromatic rings. The largest absolute Gasteiger partial charge is 0.481 e. The predicted octanol–water partition coefficient (Wildman–Crippen LogP) is 8.40. The molecule has 0 heterocycles. The van der Waals surface area contributed by atoms with Gasteiger partial charge in [0.1, 0.15) is 6.61 Å². The Morgan fingerprint density at radius 2 is 1.25 bits per heavy atom. The minimum absolute atomic E-state index is 0.0442. The van der Waals surface area contributed by atoms with Crippen LogP contribution in [0, 0.1) is 5.92 Å². The zero-order valence-electron chi connectivity index (χ0n) is 20.8. The highest BCUT2D eigenvalue weighted by molar-refractivity contribution is 5.78. The third-order valence-corrected chi connectivity index (χ3v) is 5.94. The van der Waals surface area contributed by atoms with E-state index in [1.165, 1.54) is 96.0 Å². The van der Waals surface area contributed by atoms with E-state index in [4.69, 9.17) is 4.74 Å². The van der Waals surface area contributed by atoms with Crippen LogP contribution < -0.4 is 0 Å². The molecule has 0 radical (unpaired) electrons. The van der Waals surface area contributed by atoms with Crippen molar-refractivity contribution < 1.29 is 19.4 Å². The molecular formula is C28H50O4. The smallest absolute Gasteiger partial charge is 0.307 e. The Bertz CT molecular complexity index is 484. The van der Waals surface area contributed by atoms with Crippen LogP contribution in [0.15, 0.2) is 24.8 Å². The van der Waals surface area contributed by atoms with E-state index in [0.717, 1.165) is 19.3 Å². The Kier molecular flexibility index (Phi) is 22.9. The van der Waals surface area contributed by atoms with Gasteiger partial charge in [0.25, 0.3) is 0 Å². The van der Waals surface area contributed by atoms with Crippen LogP contribution in [-0.2, 0) is 14.3 Å². The first-order chi connectivity index (χ1) is 15.6. The van der Waals surface area contributed by atoms with Gasteiger partial charge in [-0.25, -0.2) is 0 Å². The highest BCUT2D eigenvalue weighted by atomic mass is 16.5. The molecule has 0 saturated heterocycles. The van der Waals surface area contributed by atoms with Gasteiger partial charge in [0.2, 0.25) is 0 Å². The van der Waals surface area contributed by atoms with E-state index in [1.807, 2.05) is 0 Å². The highest BCUT2D eigenvalue weighted by Crippen LogP contribution is 2.17. The quantitative estimate of drug-likeness (QED) is 0.0910. The average Bonchev–Trinajstić information content (AvgIpc) is 2.78. The van der Waals surface area contributed by atoms with Crippen molar-refractivity contribution >= 4 is 11.9 Å². The highest BCUT2D eigenvalue weighted by Gasteiger charge is 2.21. The summed E-state index contributed by atoms with van der Waals surface area (Å²) in [6, 6.07) is 0. The summed E-state index contributed by atoms with van der Waals surface area (Å²) in [7, 11) is 0. The summed E-state index contributed by atoms with van der Waals surface area (Å²) in [5.74, 6) is -1.99. The fraction of sp³-hybridized carbons (Fsp3) is 0.786. The number of ether oxygens (including phenoxy) is 1. The number of carboxylic acids is 1. The maximum atomic E-state index is 11.6. The van der Waals surface area contributed by atoms with Crippen LogP contribution in [0.2, 0.25) is 0 Å². The van der Waals surface area contributed by atoms with Crippen LogP contribution in [0.5, 0.6) is 0 Å². The summed E-state index contributed by atoms with van der Waals surface area (Å²) in [6.07, 6.45) is 28.2. The van der Waals surface area contributed by atoms with E-state index >= 15 is 0 Å². The van der Waals surface area contributed by atoms with Gasteiger partial charge in [0, 0.05) is 0 Å². The van der Waals surface area contributed by atoms with Crippen molar-refractivity contribution in [2.75, 3.05) is 6.61 Å². The average molecular weight is 451 g/mol. The number of allylic oxidation sites excluding steroid dienone is 2. The normalized spacial score (nSPS) is 12.2.